The molecule has 0 radical (unpaired) electrons. The average molecular weight is 709 g/mol. The highest BCUT2D eigenvalue weighted by atomic mass is 16.7. The summed E-state index contributed by atoms with van der Waals surface area (Å²) in [5.41, 5.74) is 0. The molecule has 1 fully saturated rings. The number of carbonyl (C=O) groups is 2. The molecule has 0 saturated carbocycles. The third kappa shape index (κ3) is 23.2. The van der Waals surface area contributed by atoms with E-state index >= 15 is 0 Å². The Labute approximate surface area is 301 Å². The van der Waals surface area contributed by atoms with Gasteiger partial charge in [-0.05, 0) is 70.6 Å². The minimum atomic E-state index is -1.60. The third-order valence-corrected chi connectivity index (χ3v) is 8.45. The standard InChI is InChI=1S/C40H68O10/c1-3-5-7-9-11-13-15-17-19-21-23-25-27-29-36(43)49-33(32-48-40-39(46)38(45)37(44)34(30-41)50-40)31-47-35(42)28-26-24-22-20-18-16-14-12-10-8-6-4-2/h5,7,11-14,17,19,33-34,37-41,44-46H,3-4,6,8-10,15-16,18,20-32H2,1-2H3/b7-5-,13-11-,14-12-,19-17-. The Kier molecular flexibility index (Phi) is 28.7. The number of aliphatic hydroxyl groups excluding tert-OH is 4. The summed E-state index contributed by atoms with van der Waals surface area (Å²) in [7, 11) is 0. The third-order valence-electron chi connectivity index (χ3n) is 8.45. The van der Waals surface area contributed by atoms with Crippen LogP contribution in [0.25, 0.3) is 0 Å². The topological polar surface area (TPSA) is 152 Å². The van der Waals surface area contributed by atoms with E-state index in [-0.39, 0.29) is 26.1 Å². The van der Waals surface area contributed by atoms with Gasteiger partial charge in [-0.25, -0.2) is 0 Å². The van der Waals surface area contributed by atoms with Crippen molar-refractivity contribution in [3.05, 3.63) is 48.6 Å². The molecule has 0 bridgehead atoms. The number of ether oxygens (including phenoxy) is 4. The van der Waals surface area contributed by atoms with E-state index in [1.165, 1.54) is 19.3 Å². The van der Waals surface area contributed by atoms with Crippen LogP contribution in [0.15, 0.2) is 48.6 Å². The smallest absolute Gasteiger partial charge is 0.306 e. The largest absolute Gasteiger partial charge is 0.462 e. The first-order valence-electron chi connectivity index (χ1n) is 19.2. The van der Waals surface area contributed by atoms with E-state index < -0.39 is 55.4 Å². The molecule has 10 heteroatoms. The van der Waals surface area contributed by atoms with Crippen LogP contribution in [-0.4, -0.2) is 89.0 Å². The lowest BCUT2D eigenvalue weighted by molar-refractivity contribution is -0.305. The van der Waals surface area contributed by atoms with Crippen molar-refractivity contribution in [2.24, 2.45) is 0 Å². The second-order valence-corrected chi connectivity index (χ2v) is 13.0. The zero-order valence-corrected chi connectivity index (χ0v) is 30.9. The molecule has 1 rings (SSSR count). The summed E-state index contributed by atoms with van der Waals surface area (Å²) in [4.78, 5) is 25.1. The van der Waals surface area contributed by atoms with Gasteiger partial charge < -0.3 is 39.4 Å². The Bertz CT molecular complexity index is 960. The molecule has 0 aromatic carbocycles. The van der Waals surface area contributed by atoms with Gasteiger partial charge in [0.2, 0.25) is 0 Å². The lowest BCUT2D eigenvalue weighted by atomic mass is 9.99. The first-order chi connectivity index (χ1) is 24.3. The summed E-state index contributed by atoms with van der Waals surface area (Å²) in [6.45, 7) is 3.21. The van der Waals surface area contributed by atoms with Gasteiger partial charge in [-0.2, -0.15) is 0 Å². The quantitative estimate of drug-likeness (QED) is 0.0351. The first kappa shape index (κ1) is 45.7. The second-order valence-electron chi connectivity index (χ2n) is 13.0. The molecule has 0 amide bonds. The maximum atomic E-state index is 12.7. The van der Waals surface area contributed by atoms with Gasteiger partial charge in [0, 0.05) is 12.8 Å². The van der Waals surface area contributed by atoms with E-state index in [0.29, 0.717) is 12.8 Å². The van der Waals surface area contributed by atoms with Crippen molar-refractivity contribution in [3.63, 3.8) is 0 Å². The minimum Gasteiger partial charge on any atom is -0.462 e. The molecule has 1 aliphatic rings. The Morgan fingerprint density at radius 3 is 1.82 bits per heavy atom. The van der Waals surface area contributed by atoms with E-state index in [0.717, 1.165) is 77.0 Å². The van der Waals surface area contributed by atoms with Crippen LogP contribution in [-0.2, 0) is 28.5 Å². The van der Waals surface area contributed by atoms with Crippen LogP contribution in [0.1, 0.15) is 136 Å². The Morgan fingerprint density at radius 2 is 1.18 bits per heavy atom. The molecule has 4 N–H and O–H groups in total. The van der Waals surface area contributed by atoms with Crippen molar-refractivity contribution < 1.29 is 49.0 Å². The van der Waals surface area contributed by atoms with Crippen molar-refractivity contribution >= 4 is 11.9 Å². The molecule has 288 valence electrons. The van der Waals surface area contributed by atoms with Crippen LogP contribution >= 0.6 is 0 Å². The lowest BCUT2D eigenvalue weighted by Crippen LogP contribution is -2.59. The van der Waals surface area contributed by atoms with Gasteiger partial charge in [-0.15, -0.1) is 0 Å². The monoisotopic (exact) mass is 708 g/mol. The number of aliphatic hydroxyl groups is 4. The van der Waals surface area contributed by atoms with Crippen LogP contribution in [0.4, 0.5) is 0 Å². The number of unbranched alkanes of at least 4 members (excludes halogenated alkanes) is 11. The van der Waals surface area contributed by atoms with Gasteiger partial charge in [0.25, 0.3) is 0 Å². The van der Waals surface area contributed by atoms with E-state index in [1.807, 2.05) is 0 Å². The molecular formula is C40H68O10. The van der Waals surface area contributed by atoms with Crippen molar-refractivity contribution in [3.8, 4) is 0 Å². The maximum Gasteiger partial charge on any atom is 0.306 e. The normalized spacial score (nSPS) is 21.9. The predicted molar refractivity (Wildman–Crippen MR) is 196 cm³/mol. The SMILES string of the molecule is CC/C=C\C/C=C\C/C=C\CCCCCC(=O)OC(COC(=O)CCCCCCC/C=C\CCCCC)COC1OC(CO)C(O)C(O)C1O. The zero-order chi connectivity index (χ0) is 36.7. The number of hydrogen-bond donors (Lipinski definition) is 4. The average Bonchev–Trinajstić information content (AvgIpc) is 3.11. The summed E-state index contributed by atoms with van der Waals surface area (Å²) < 4.78 is 22.0. The van der Waals surface area contributed by atoms with Crippen LogP contribution in [0.3, 0.4) is 0 Å². The van der Waals surface area contributed by atoms with Gasteiger partial charge in [0.1, 0.15) is 31.0 Å². The highest BCUT2D eigenvalue weighted by molar-refractivity contribution is 5.70. The Balaban J connectivity index is 2.44. The van der Waals surface area contributed by atoms with Crippen molar-refractivity contribution in [1.29, 1.82) is 0 Å². The van der Waals surface area contributed by atoms with Gasteiger partial charge in [-0.3, -0.25) is 9.59 Å². The van der Waals surface area contributed by atoms with E-state index in [9.17, 15) is 30.0 Å². The van der Waals surface area contributed by atoms with Crippen LogP contribution in [0, 0.1) is 0 Å². The van der Waals surface area contributed by atoms with Crippen molar-refractivity contribution in [2.75, 3.05) is 19.8 Å². The molecule has 1 heterocycles. The fraction of sp³-hybridized carbons (Fsp3) is 0.750. The molecule has 0 aromatic rings. The van der Waals surface area contributed by atoms with E-state index in [4.69, 9.17) is 18.9 Å². The highest BCUT2D eigenvalue weighted by Crippen LogP contribution is 2.22. The fourth-order valence-corrected chi connectivity index (χ4v) is 5.37. The molecule has 1 saturated heterocycles. The number of esters is 2. The summed E-state index contributed by atoms with van der Waals surface area (Å²) in [5.74, 6) is -0.858. The van der Waals surface area contributed by atoms with Crippen molar-refractivity contribution in [2.45, 2.75) is 173 Å². The van der Waals surface area contributed by atoms with Gasteiger partial charge in [0.05, 0.1) is 13.2 Å². The lowest BCUT2D eigenvalue weighted by Gasteiger charge is -2.39. The summed E-state index contributed by atoms with van der Waals surface area (Å²) in [6, 6.07) is 0. The molecule has 0 aliphatic carbocycles. The van der Waals surface area contributed by atoms with Crippen LogP contribution in [0.2, 0.25) is 0 Å². The first-order valence-corrected chi connectivity index (χ1v) is 19.2. The van der Waals surface area contributed by atoms with Crippen molar-refractivity contribution in [1.82, 2.24) is 0 Å². The summed E-state index contributed by atoms with van der Waals surface area (Å²) in [5, 5.41) is 39.9. The summed E-state index contributed by atoms with van der Waals surface area (Å²) in [6.07, 6.45) is 27.0. The number of hydrogen-bond acceptors (Lipinski definition) is 10. The molecule has 50 heavy (non-hydrogen) atoms. The maximum absolute atomic E-state index is 12.7. The Morgan fingerprint density at radius 1 is 0.640 bits per heavy atom. The van der Waals surface area contributed by atoms with Gasteiger partial charge in [0.15, 0.2) is 12.4 Å². The molecule has 6 atom stereocenters. The van der Waals surface area contributed by atoms with Crippen LogP contribution < -0.4 is 0 Å². The number of rotatable bonds is 30. The number of allylic oxidation sites excluding steroid dienone is 8. The van der Waals surface area contributed by atoms with Gasteiger partial charge >= 0.3 is 11.9 Å². The zero-order valence-electron chi connectivity index (χ0n) is 30.9. The minimum absolute atomic E-state index is 0.191. The highest BCUT2D eigenvalue weighted by Gasteiger charge is 2.44. The molecule has 1 aliphatic heterocycles. The molecule has 6 unspecified atom stereocenters. The Hall–Kier alpha value is -2.34. The summed E-state index contributed by atoms with van der Waals surface area (Å²) >= 11 is 0. The molecule has 10 nitrogen and oxygen atoms in total. The van der Waals surface area contributed by atoms with E-state index in [2.05, 4.69) is 62.5 Å². The molecular weight excluding hydrogens is 640 g/mol. The predicted octanol–water partition coefficient (Wildman–Crippen LogP) is 6.93. The fourth-order valence-electron chi connectivity index (χ4n) is 5.37. The molecule has 0 aromatic heterocycles. The number of carbonyl (C=O) groups excluding carboxylic acids is 2. The van der Waals surface area contributed by atoms with E-state index in [1.54, 1.807) is 0 Å². The molecule has 0 spiro atoms. The van der Waals surface area contributed by atoms with Gasteiger partial charge in [-0.1, -0.05) is 101 Å². The second kappa shape index (κ2) is 31.4. The van der Waals surface area contributed by atoms with Crippen LogP contribution in [0.5, 0.6) is 0 Å².